The fraction of sp³-hybridized carbons (Fsp3) is 0.615. The summed E-state index contributed by atoms with van der Waals surface area (Å²) < 4.78 is 21.8. The van der Waals surface area contributed by atoms with E-state index < -0.39 is 53.2 Å². The van der Waals surface area contributed by atoms with E-state index in [0.29, 0.717) is 18.4 Å². The van der Waals surface area contributed by atoms with Crippen molar-refractivity contribution in [1.82, 2.24) is 0 Å². The number of allylic oxidation sites excluding steroid dienone is 3. The van der Waals surface area contributed by atoms with E-state index in [2.05, 4.69) is 0 Å². The molecule has 36 heavy (non-hydrogen) atoms. The normalized spacial score (nSPS) is 32.6. The lowest BCUT2D eigenvalue weighted by Crippen LogP contribution is -2.65. The average molecular weight is 507 g/mol. The largest absolute Gasteiger partial charge is 0.466 e. The van der Waals surface area contributed by atoms with E-state index >= 15 is 0 Å². The van der Waals surface area contributed by atoms with Crippen molar-refractivity contribution in [3.05, 3.63) is 35.5 Å². The maximum Gasteiger partial charge on any atom is 0.333 e. The number of methoxy groups -OCH3 is 1. The van der Waals surface area contributed by atoms with Gasteiger partial charge in [0.1, 0.15) is 29.3 Å². The van der Waals surface area contributed by atoms with Crippen LogP contribution in [0.2, 0.25) is 0 Å². The van der Waals surface area contributed by atoms with E-state index in [9.17, 15) is 24.3 Å². The molecule has 2 aliphatic carbocycles. The second-order valence-electron chi connectivity index (χ2n) is 9.80. The number of hydrogen-bond donors (Lipinski definition) is 2. The zero-order chi connectivity index (χ0) is 26.7. The van der Waals surface area contributed by atoms with Crippen LogP contribution in [0.4, 0.5) is 0 Å². The Morgan fingerprint density at radius 3 is 2.64 bits per heavy atom. The number of rotatable bonds is 8. The van der Waals surface area contributed by atoms with Gasteiger partial charge < -0.3 is 29.2 Å². The van der Waals surface area contributed by atoms with Gasteiger partial charge in [-0.2, -0.15) is 0 Å². The summed E-state index contributed by atoms with van der Waals surface area (Å²) in [5.41, 5.74) is -2.74. The van der Waals surface area contributed by atoms with Crippen molar-refractivity contribution in [2.75, 3.05) is 20.3 Å². The molecule has 2 bridgehead atoms. The Morgan fingerprint density at radius 2 is 2.00 bits per heavy atom. The number of carbonyl (C=O) groups excluding carboxylic acids is 4. The van der Waals surface area contributed by atoms with Crippen LogP contribution in [0.1, 0.15) is 52.9 Å². The molecule has 2 N–H and O–H groups in total. The second kappa shape index (κ2) is 10.6. The van der Waals surface area contributed by atoms with Gasteiger partial charge in [-0.15, -0.1) is 0 Å². The molecule has 3 rings (SSSR count). The SMILES string of the molecule is COC(=O)C1=CCC23CCC(C(C)(C=CC=C(C)C(=O)OCC(O)CO)OC2=O)C3(OC(C)=O)CC1. The Kier molecular flexibility index (Phi) is 8.10. The number of ether oxygens (including phenoxy) is 4. The molecule has 0 radical (unpaired) electrons. The lowest BCUT2D eigenvalue weighted by Gasteiger charge is -2.54. The second-order valence-corrected chi connectivity index (χ2v) is 9.80. The van der Waals surface area contributed by atoms with E-state index in [0.717, 1.165) is 0 Å². The number of hydrogen-bond acceptors (Lipinski definition) is 10. The van der Waals surface area contributed by atoms with Crippen LogP contribution >= 0.6 is 0 Å². The van der Waals surface area contributed by atoms with E-state index in [1.807, 2.05) is 0 Å². The highest BCUT2D eigenvalue weighted by atomic mass is 16.6. The summed E-state index contributed by atoms with van der Waals surface area (Å²) in [5.74, 6) is -2.54. The third kappa shape index (κ3) is 4.84. The molecule has 1 aliphatic heterocycles. The fourth-order valence-electron chi connectivity index (χ4n) is 5.79. The molecule has 0 amide bonds. The highest BCUT2D eigenvalue weighted by molar-refractivity contribution is 5.90. The minimum Gasteiger partial charge on any atom is -0.466 e. The summed E-state index contributed by atoms with van der Waals surface area (Å²) in [4.78, 5) is 50.2. The highest BCUT2D eigenvalue weighted by Gasteiger charge is 2.74. The van der Waals surface area contributed by atoms with Crippen LogP contribution in [0.3, 0.4) is 0 Å². The zero-order valence-corrected chi connectivity index (χ0v) is 21.1. The van der Waals surface area contributed by atoms with Crippen LogP contribution in [0.5, 0.6) is 0 Å². The van der Waals surface area contributed by atoms with Gasteiger partial charge in [0, 0.05) is 24.0 Å². The van der Waals surface area contributed by atoms with Gasteiger partial charge in [-0.1, -0.05) is 18.2 Å². The molecule has 2 fully saturated rings. The summed E-state index contributed by atoms with van der Waals surface area (Å²) in [6, 6.07) is 0. The first kappa shape index (κ1) is 27.6. The minimum absolute atomic E-state index is 0.199. The Bertz CT molecular complexity index is 1010. The molecule has 1 saturated carbocycles. The summed E-state index contributed by atoms with van der Waals surface area (Å²) in [5, 5.41) is 18.2. The topological polar surface area (TPSA) is 146 Å². The van der Waals surface area contributed by atoms with E-state index in [1.165, 1.54) is 27.0 Å². The van der Waals surface area contributed by atoms with Crippen molar-refractivity contribution in [3.63, 3.8) is 0 Å². The molecule has 10 nitrogen and oxygen atoms in total. The molecule has 0 spiro atoms. The first-order valence-corrected chi connectivity index (χ1v) is 12.0. The van der Waals surface area contributed by atoms with Crippen molar-refractivity contribution in [1.29, 1.82) is 0 Å². The van der Waals surface area contributed by atoms with Crippen molar-refractivity contribution in [2.45, 2.75) is 70.2 Å². The van der Waals surface area contributed by atoms with Crippen LogP contribution in [0.15, 0.2) is 35.5 Å². The van der Waals surface area contributed by atoms with Gasteiger partial charge in [-0.25, -0.2) is 9.59 Å². The highest BCUT2D eigenvalue weighted by Crippen LogP contribution is 2.65. The monoisotopic (exact) mass is 506 g/mol. The molecule has 0 aromatic rings. The van der Waals surface area contributed by atoms with E-state index in [4.69, 9.17) is 24.1 Å². The van der Waals surface area contributed by atoms with Crippen LogP contribution in [-0.2, 0) is 38.1 Å². The summed E-state index contributed by atoms with van der Waals surface area (Å²) in [6.07, 6.45) is 7.02. The molecule has 5 atom stereocenters. The van der Waals surface area contributed by atoms with Crippen LogP contribution in [-0.4, -0.2) is 71.7 Å². The molecule has 1 heterocycles. The average Bonchev–Trinajstić information content (AvgIpc) is 2.98. The summed E-state index contributed by atoms with van der Waals surface area (Å²) in [6.45, 7) is 3.71. The molecule has 3 aliphatic rings. The Morgan fingerprint density at radius 1 is 1.28 bits per heavy atom. The molecular weight excluding hydrogens is 472 g/mol. The number of cyclic esters (lactones) is 1. The third-order valence-corrected chi connectivity index (χ3v) is 7.58. The smallest absolute Gasteiger partial charge is 0.333 e. The summed E-state index contributed by atoms with van der Waals surface area (Å²) in [7, 11) is 1.30. The molecule has 10 heteroatoms. The Balaban J connectivity index is 1.91. The molecule has 1 saturated heterocycles. The zero-order valence-electron chi connectivity index (χ0n) is 21.1. The van der Waals surface area contributed by atoms with E-state index in [1.54, 1.807) is 25.2 Å². The molecule has 198 valence electrons. The Labute approximate surface area is 209 Å². The standard InChI is InChI=1S/C26H34O10/c1-16(21(30)34-15-19(29)14-27)6-5-10-24(3)20-9-12-25(23(32)36-24)11-7-18(22(31)33-4)8-13-26(20,25)35-17(2)28/h5-7,10,19-20,27,29H,8-9,11-15H2,1-4H3. The van der Waals surface area contributed by atoms with Gasteiger partial charge in [0.2, 0.25) is 0 Å². The molecule has 0 aromatic carbocycles. The minimum atomic E-state index is -1.17. The number of esters is 4. The maximum absolute atomic E-state index is 13.6. The summed E-state index contributed by atoms with van der Waals surface area (Å²) >= 11 is 0. The molecule has 5 unspecified atom stereocenters. The fourth-order valence-corrected chi connectivity index (χ4v) is 5.79. The Hall–Kier alpha value is -2.98. The van der Waals surface area contributed by atoms with Gasteiger partial charge in [-0.05, 0) is 52.0 Å². The number of aliphatic hydroxyl groups is 2. The lowest BCUT2D eigenvalue weighted by atomic mass is 9.62. The predicted molar refractivity (Wildman–Crippen MR) is 125 cm³/mol. The van der Waals surface area contributed by atoms with Crippen LogP contribution in [0.25, 0.3) is 0 Å². The molecule has 0 aromatic heterocycles. The first-order valence-electron chi connectivity index (χ1n) is 12.0. The van der Waals surface area contributed by atoms with Crippen molar-refractivity contribution in [3.8, 4) is 0 Å². The molecular formula is C26H34O10. The third-order valence-electron chi connectivity index (χ3n) is 7.58. The lowest BCUT2D eigenvalue weighted by molar-refractivity contribution is -0.235. The van der Waals surface area contributed by atoms with Crippen molar-refractivity contribution >= 4 is 23.9 Å². The maximum atomic E-state index is 13.6. The van der Waals surface area contributed by atoms with Gasteiger partial charge in [0.05, 0.1) is 13.7 Å². The van der Waals surface area contributed by atoms with Crippen molar-refractivity contribution < 1.29 is 48.3 Å². The van der Waals surface area contributed by atoms with Gasteiger partial charge in [0.25, 0.3) is 0 Å². The van der Waals surface area contributed by atoms with Gasteiger partial charge in [-0.3, -0.25) is 9.59 Å². The quantitative estimate of drug-likeness (QED) is 0.216. The van der Waals surface area contributed by atoms with Crippen molar-refractivity contribution in [2.24, 2.45) is 11.3 Å². The van der Waals surface area contributed by atoms with Crippen LogP contribution < -0.4 is 0 Å². The van der Waals surface area contributed by atoms with Crippen LogP contribution in [0, 0.1) is 11.3 Å². The number of carbonyl (C=O) groups is 4. The van der Waals surface area contributed by atoms with E-state index in [-0.39, 0.29) is 37.4 Å². The van der Waals surface area contributed by atoms with Gasteiger partial charge in [0.15, 0.2) is 0 Å². The number of aliphatic hydroxyl groups excluding tert-OH is 2. The first-order chi connectivity index (χ1) is 16.9. The predicted octanol–water partition coefficient (Wildman–Crippen LogP) is 1.68. The van der Waals surface area contributed by atoms with Gasteiger partial charge >= 0.3 is 23.9 Å².